The topological polar surface area (TPSA) is 8.17 Å². The van der Waals surface area contributed by atoms with E-state index in [1.54, 1.807) is 0 Å². The zero-order valence-electron chi connectivity index (χ0n) is 31.3. The van der Waals surface area contributed by atoms with Crippen LogP contribution in [-0.2, 0) is 0 Å². The highest BCUT2D eigenvalue weighted by molar-refractivity contribution is 7.26. The van der Waals surface area contributed by atoms with Crippen LogP contribution in [0, 0.1) is 0 Å². The first-order chi connectivity index (χ1) is 28.8. The second-order valence-corrected chi connectivity index (χ2v) is 17.0. The molecule has 0 aliphatic carbocycles. The van der Waals surface area contributed by atoms with Gasteiger partial charge in [-0.2, -0.15) is 0 Å². The minimum Gasteiger partial charge on any atom is -0.310 e. The van der Waals surface area contributed by atoms with Crippen LogP contribution >= 0.6 is 22.7 Å². The number of hydrogen-bond acceptors (Lipinski definition) is 3. The van der Waals surface area contributed by atoms with Gasteiger partial charge in [-0.1, -0.05) is 140 Å². The van der Waals surface area contributed by atoms with Crippen LogP contribution in [0.15, 0.2) is 206 Å². The fraction of sp³-hybridized carbons (Fsp3) is 0. The van der Waals surface area contributed by atoms with Crippen molar-refractivity contribution in [1.29, 1.82) is 0 Å². The number of fused-ring (bicyclic) bond motifs is 9. The van der Waals surface area contributed by atoms with E-state index in [0.717, 1.165) is 22.7 Å². The van der Waals surface area contributed by atoms with Crippen LogP contribution in [0.4, 0.5) is 17.1 Å². The molecular weight excluding hydrogens is 741 g/mol. The summed E-state index contributed by atoms with van der Waals surface area (Å²) in [6.07, 6.45) is 0. The lowest BCUT2D eigenvalue weighted by Crippen LogP contribution is -2.09. The van der Waals surface area contributed by atoms with Gasteiger partial charge in [-0.3, -0.25) is 0 Å². The van der Waals surface area contributed by atoms with E-state index in [1.807, 2.05) is 22.7 Å². The lowest BCUT2D eigenvalue weighted by Gasteiger charge is -2.25. The van der Waals surface area contributed by atoms with Gasteiger partial charge in [0.15, 0.2) is 0 Å². The molecule has 272 valence electrons. The van der Waals surface area contributed by atoms with Crippen molar-refractivity contribution in [2.45, 2.75) is 0 Å². The number of rotatable bonds is 6. The third-order valence-electron chi connectivity index (χ3n) is 11.6. The molecule has 0 amide bonds. The molecule has 0 saturated heterocycles. The largest absolute Gasteiger partial charge is 0.310 e. The summed E-state index contributed by atoms with van der Waals surface area (Å²) in [7, 11) is 0. The predicted octanol–water partition coefficient (Wildman–Crippen LogP) is 16.3. The van der Waals surface area contributed by atoms with E-state index in [-0.39, 0.29) is 0 Å². The third kappa shape index (κ3) is 5.16. The Morgan fingerprint density at radius 3 is 1.53 bits per heavy atom. The van der Waals surface area contributed by atoms with Gasteiger partial charge in [0.2, 0.25) is 0 Å². The van der Waals surface area contributed by atoms with Gasteiger partial charge in [0.05, 0.1) is 16.7 Å². The average Bonchev–Trinajstić information content (AvgIpc) is 3.97. The standard InChI is InChI=1S/C54H34N2S2/c1-3-15-36(16-4-1)55(37-17-5-2-6-18-37)38-30-31-41-40-19-7-10-26-48(40)56(50(41)34-38)49-32-29-35(39-22-13-23-44-42-20-8-11-27-51(42)57-53(39)44)33-47(49)46-25-14-24-45-43-21-9-12-28-52(43)58-54(45)46/h1-34H. The predicted molar refractivity (Wildman–Crippen MR) is 252 cm³/mol. The van der Waals surface area contributed by atoms with Gasteiger partial charge in [0.1, 0.15) is 0 Å². The minimum absolute atomic E-state index is 1.11. The van der Waals surface area contributed by atoms with Crippen molar-refractivity contribution in [3.63, 3.8) is 0 Å². The zero-order chi connectivity index (χ0) is 38.2. The Morgan fingerprint density at radius 2 is 0.862 bits per heavy atom. The molecule has 12 aromatic rings. The van der Waals surface area contributed by atoms with Crippen LogP contribution in [0.3, 0.4) is 0 Å². The van der Waals surface area contributed by atoms with Crippen molar-refractivity contribution in [2.75, 3.05) is 4.90 Å². The van der Waals surface area contributed by atoms with Gasteiger partial charge in [-0.15, -0.1) is 22.7 Å². The maximum atomic E-state index is 2.51. The highest BCUT2D eigenvalue weighted by Gasteiger charge is 2.22. The number of nitrogens with zero attached hydrogens (tertiary/aromatic N) is 2. The Hall–Kier alpha value is -6.98. The Bertz CT molecular complexity index is 3480. The molecule has 0 saturated carbocycles. The number of hydrogen-bond donors (Lipinski definition) is 0. The number of thiophene rings is 2. The molecule has 0 N–H and O–H groups in total. The summed E-state index contributed by atoms with van der Waals surface area (Å²) >= 11 is 3.78. The normalized spacial score (nSPS) is 11.8. The fourth-order valence-electron chi connectivity index (χ4n) is 9.01. The molecule has 3 aromatic heterocycles. The molecule has 12 rings (SSSR count). The van der Waals surface area contributed by atoms with Crippen LogP contribution in [0.1, 0.15) is 0 Å². The first kappa shape index (κ1) is 33.2. The second-order valence-electron chi connectivity index (χ2n) is 14.9. The van der Waals surface area contributed by atoms with E-state index in [9.17, 15) is 0 Å². The molecule has 4 heteroatoms. The molecule has 3 heterocycles. The maximum Gasteiger partial charge on any atom is 0.0562 e. The lowest BCUT2D eigenvalue weighted by molar-refractivity contribution is 1.18. The summed E-state index contributed by atoms with van der Waals surface area (Å²) < 4.78 is 7.76. The van der Waals surface area contributed by atoms with Crippen molar-refractivity contribution in [3.05, 3.63) is 206 Å². The molecule has 0 radical (unpaired) electrons. The summed E-state index contributed by atoms with van der Waals surface area (Å²) in [6.45, 7) is 0. The van der Waals surface area contributed by atoms with Gasteiger partial charge >= 0.3 is 0 Å². The van der Waals surface area contributed by atoms with E-state index < -0.39 is 0 Å². The monoisotopic (exact) mass is 774 g/mol. The molecule has 0 atom stereocenters. The SMILES string of the molecule is c1ccc(N(c2ccccc2)c2ccc3c4ccccc4n(-c4ccc(-c5cccc6c5sc5ccccc56)cc4-c4cccc5c4sc4ccccc45)c3c2)cc1. The Morgan fingerprint density at radius 1 is 0.328 bits per heavy atom. The lowest BCUT2D eigenvalue weighted by atomic mass is 9.95. The van der Waals surface area contributed by atoms with Crippen LogP contribution < -0.4 is 4.90 Å². The van der Waals surface area contributed by atoms with E-state index in [0.29, 0.717) is 0 Å². The quantitative estimate of drug-likeness (QED) is 0.163. The molecule has 58 heavy (non-hydrogen) atoms. The summed E-state index contributed by atoms with van der Waals surface area (Å²) in [5.41, 5.74) is 11.8. The molecule has 0 spiro atoms. The van der Waals surface area contributed by atoms with Crippen molar-refractivity contribution in [2.24, 2.45) is 0 Å². The van der Waals surface area contributed by atoms with E-state index in [4.69, 9.17) is 0 Å². The summed E-state index contributed by atoms with van der Waals surface area (Å²) in [4.78, 5) is 2.36. The number of anilines is 3. The van der Waals surface area contributed by atoms with Crippen molar-refractivity contribution in [3.8, 4) is 27.9 Å². The number of benzene rings is 9. The first-order valence-electron chi connectivity index (χ1n) is 19.7. The van der Waals surface area contributed by atoms with Crippen LogP contribution in [-0.4, -0.2) is 4.57 Å². The third-order valence-corrected chi connectivity index (χ3v) is 14.0. The molecule has 0 aliphatic rings. The molecule has 9 aromatic carbocycles. The van der Waals surface area contributed by atoms with Crippen molar-refractivity contribution in [1.82, 2.24) is 4.57 Å². The molecular formula is C54H34N2S2. The van der Waals surface area contributed by atoms with Crippen LogP contribution in [0.2, 0.25) is 0 Å². The summed E-state index contributed by atoms with van der Waals surface area (Å²) in [6, 6.07) is 75.6. The fourth-order valence-corrected chi connectivity index (χ4v) is 11.5. The van der Waals surface area contributed by atoms with Crippen molar-refractivity contribution < 1.29 is 0 Å². The van der Waals surface area contributed by atoms with Gasteiger partial charge in [0, 0.05) is 79.3 Å². The molecule has 0 fully saturated rings. The van der Waals surface area contributed by atoms with Gasteiger partial charge in [-0.05, 0) is 77.9 Å². The van der Waals surface area contributed by atoms with Crippen LogP contribution in [0.25, 0.3) is 90.1 Å². The summed E-state index contributed by atoms with van der Waals surface area (Å²) in [5.74, 6) is 0. The number of para-hydroxylation sites is 3. The van der Waals surface area contributed by atoms with Gasteiger partial charge in [0.25, 0.3) is 0 Å². The average molecular weight is 775 g/mol. The molecule has 0 bridgehead atoms. The highest BCUT2D eigenvalue weighted by Crippen LogP contribution is 2.47. The van der Waals surface area contributed by atoms with E-state index in [1.165, 1.54) is 84.4 Å². The van der Waals surface area contributed by atoms with Gasteiger partial charge in [-0.25, -0.2) is 0 Å². The molecule has 0 aliphatic heterocycles. The Labute approximate surface area is 343 Å². The number of aromatic nitrogens is 1. The Balaban J connectivity index is 1.16. The molecule has 2 nitrogen and oxygen atoms in total. The zero-order valence-corrected chi connectivity index (χ0v) is 33.0. The van der Waals surface area contributed by atoms with E-state index in [2.05, 4.69) is 216 Å². The first-order valence-corrected chi connectivity index (χ1v) is 21.3. The molecule has 0 unspecified atom stereocenters. The smallest absolute Gasteiger partial charge is 0.0562 e. The second kappa shape index (κ2) is 13.3. The van der Waals surface area contributed by atoms with Crippen molar-refractivity contribution >= 4 is 102 Å². The van der Waals surface area contributed by atoms with Gasteiger partial charge < -0.3 is 9.47 Å². The Kier molecular flexibility index (Phi) is 7.62. The summed E-state index contributed by atoms with van der Waals surface area (Å²) in [5, 5.41) is 7.70. The van der Waals surface area contributed by atoms with E-state index >= 15 is 0 Å². The minimum atomic E-state index is 1.11. The van der Waals surface area contributed by atoms with Crippen LogP contribution in [0.5, 0.6) is 0 Å². The highest BCUT2D eigenvalue weighted by atomic mass is 32.1. The maximum absolute atomic E-state index is 2.51.